The maximum Gasteiger partial charge on any atom is 0.135 e. The molecule has 2 aromatic heterocycles. The fourth-order valence-corrected chi connectivity index (χ4v) is 2.64. The van der Waals surface area contributed by atoms with Crippen LogP contribution in [0.1, 0.15) is 11.8 Å². The van der Waals surface area contributed by atoms with Crippen LogP contribution in [-0.2, 0) is 6.54 Å². The molecule has 0 aliphatic carbocycles. The molecule has 0 aromatic carbocycles. The lowest BCUT2D eigenvalue weighted by atomic mass is 10.5. The van der Waals surface area contributed by atoms with Crippen molar-refractivity contribution in [2.24, 2.45) is 0 Å². The first-order chi connectivity index (χ1) is 6.90. The second-order valence-electron chi connectivity index (χ2n) is 2.78. The van der Waals surface area contributed by atoms with Crippen molar-refractivity contribution in [2.75, 3.05) is 6.54 Å². The highest BCUT2D eigenvalue weighted by atomic mass is 32.1. The fraction of sp³-hybridized carbons (Fsp3) is 0.333. The standard InChI is InChI=1S/C9H11N3S2/c1-2-10-3-7-4-12-9(14-7)8-5-11-6-13-8/h4-6,10H,2-3H2,1H3. The van der Waals surface area contributed by atoms with Crippen LogP contribution in [0.4, 0.5) is 0 Å². The van der Waals surface area contributed by atoms with E-state index in [0.29, 0.717) is 0 Å². The van der Waals surface area contributed by atoms with Gasteiger partial charge in [-0.2, -0.15) is 0 Å². The van der Waals surface area contributed by atoms with Crippen LogP contribution in [0.2, 0.25) is 0 Å². The number of aromatic nitrogens is 2. The molecule has 0 saturated heterocycles. The topological polar surface area (TPSA) is 37.8 Å². The van der Waals surface area contributed by atoms with Gasteiger partial charge in [0.05, 0.1) is 10.4 Å². The normalized spacial score (nSPS) is 10.6. The van der Waals surface area contributed by atoms with Gasteiger partial charge in [0.25, 0.3) is 0 Å². The van der Waals surface area contributed by atoms with E-state index in [0.717, 1.165) is 23.0 Å². The Morgan fingerprint density at radius 3 is 3.07 bits per heavy atom. The highest BCUT2D eigenvalue weighted by molar-refractivity contribution is 7.20. The number of thiazole rings is 2. The van der Waals surface area contributed by atoms with Crippen LogP contribution in [0.5, 0.6) is 0 Å². The van der Waals surface area contributed by atoms with Crippen LogP contribution < -0.4 is 5.32 Å². The third-order valence-corrected chi connectivity index (χ3v) is 3.69. The lowest BCUT2D eigenvalue weighted by Crippen LogP contribution is -2.10. The first kappa shape index (κ1) is 9.76. The summed E-state index contributed by atoms with van der Waals surface area (Å²) in [5.74, 6) is 0. The molecule has 5 heteroatoms. The Morgan fingerprint density at radius 1 is 1.43 bits per heavy atom. The van der Waals surface area contributed by atoms with E-state index in [-0.39, 0.29) is 0 Å². The van der Waals surface area contributed by atoms with Gasteiger partial charge in [0.2, 0.25) is 0 Å². The second kappa shape index (κ2) is 4.63. The van der Waals surface area contributed by atoms with Crippen LogP contribution in [0.15, 0.2) is 17.9 Å². The minimum absolute atomic E-state index is 0.910. The van der Waals surface area contributed by atoms with Crippen LogP contribution in [0.25, 0.3) is 9.88 Å². The van der Waals surface area contributed by atoms with Crippen molar-refractivity contribution < 1.29 is 0 Å². The highest BCUT2D eigenvalue weighted by Crippen LogP contribution is 2.27. The first-order valence-corrected chi connectivity index (χ1v) is 6.14. The van der Waals surface area contributed by atoms with E-state index >= 15 is 0 Å². The minimum atomic E-state index is 0.910. The number of nitrogens with zero attached hydrogens (tertiary/aromatic N) is 2. The fourth-order valence-electron chi connectivity index (χ4n) is 1.07. The molecule has 0 spiro atoms. The molecular weight excluding hydrogens is 214 g/mol. The van der Waals surface area contributed by atoms with Gasteiger partial charge in [-0.1, -0.05) is 6.92 Å². The maximum atomic E-state index is 4.36. The predicted octanol–water partition coefficient (Wildman–Crippen LogP) is 2.38. The Bertz CT molecular complexity index is 380. The summed E-state index contributed by atoms with van der Waals surface area (Å²) in [5.41, 5.74) is 1.83. The molecule has 0 atom stereocenters. The Morgan fingerprint density at radius 2 is 2.36 bits per heavy atom. The lowest BCUT2D eigenvalue weighted by molar-refractivity contribution is 0.734. The van der Waals surface area contributed by atoms with Crippen molar-refractivity contribution >= 4 is 22.7 Å². The van der Waals surface area contributed by atoms with Crippen molar-refractivity contribution in [3.63, 3.8) is 0 Å². The summed E-state index contributed by atoms with van der Waals surface area (Å²) < 4.78 is 0. The van der Waals surface area contributed by atoms with Gasteiger partial charge in [0.15, 0.2) is 0 Å². The predicted molar refractivity (Wildman–Crippen MR) is 60.6 cm³/mol. The van der Waals surface area contributed by atoms with Gasteiger partial charge >= 0.3 is 0 Å². The van der Waals surface area contributed by atoms with Crippen LogP contribution in [0.3, 0.4) is 0 Å². The van der Waals surface area contributed by atoms with E-state index in [4.69, 9.17) is 0 Å². The Kier molecular flexibility index (Phi) is 3.23. The summed E-state index contributed by atoms with van der Waals surface area (Å²) in [6, 6.07) is 0. The molecule has 0 radical (unpaired) electrons. The van der Waals surface area contributed by atoms with E-state index in [1.165, 1.54) is 4.88 Å². The molecule has 14 heavy (non-hydrogen) atoms. The summed E-state index contributed by atoms with van der Waals surface area (Å²) in [5, 5.41) is 4.35. The number of hydrogen-bond acceptors (Lipinski definition) is 5. The van der Waals surface area contributed by atoms with Crippen LogP contribution >= 0.6 is 22.7 Å². The van der Waals surface area contributed by atoms with Gasteiger partial charge in [-0.3, -0.25) is 4.98 Å². The molecule has 0 saturated carbocycles. The number of hydrogen-bond donors (Lipinski definition) is 1. The van der Waals surface area contributed by atoms with Gasteiger partial charge < -0.3 is 5.32 Å². The molecule has 0 fully saturated rings. The number of nitrogens with one attached hydrogen (secondary N) is 1. The number of rotatable bonds is 4. The summed E-state index contributed by atoms with van der Waals surface area (Å²) in [4.78, 5) is 10.8. The zero-order valence-corrected chi connectivity index (χ0v) is 9.49. The smallest absolute Gasteiger partial charge is 0.135 e. The maximum absolute atomic E-state index is 4.36. The molecule has 2 aromatic rings. The molecule has 2 rings (SSSR count). The molecule has 74 valence electrons. The minimum Gasteiger partial charge on any atom is -0.312 e. The summed E-state index contributed by atoms with van der Waals surface area (Å²) >= 11 is 3.36. The molecule has 0 bridgehead atoms. The summed E-state index contributed by atoms with van der Waals surface area (Å²) in [6.45, 7) is 4.01. The molecular formula is C9H11N3S2. The molecule has 0 unspecified atom stereocenters. The van der Waals surface area contributed by atoms with E-state index in [1.807, 2.05) is 17.9 Å². The average Bonchev–Trinajstić information content (AvgIpc) is 2.85. The van der Waals surface area contributed by atoms with Crippen molar-refractivity contribution in [2.45, 2.75) is 13.5 Å². The van der Waals surface area contributed by atoms with Crippen LogP contribution in [-0.4, -0.2) is 16.5 Å². The first-order valence-electron chi connectivity index (χ1n) is 4.44. The van der Waals surface area contributed by atoms with Gasteiger partial charge in [-0.25, -0.2) is 4.98 Å². The quantitative estimate of drug-likeness (QED) is 0.868. The van der Waals surface area contributed by atoms with Crippen molar-refractivity contribution in [1.82, 2.24) is 15.3 Å². The molecule has 3 nitrogen and oxygen atoms in total. The summed E-state index contributed by atoms with van der Waals surface area (Å²) in [7, 11) is 0. The Balaban J connectivity index is 2.10. The van der Waals surface area contributed by atoms with Crippen LogP contribution in [0, 0.1) is 0 Å². The zero-order chi connectivity index (χ0) is 9.80. The molecule has 0 aliphatic rings. The molecule has 0 amide bonds. The lowest BCUT2D eigenvalue weighted by Gasteiger charge is -1.94. The monoisotopic (exact) mass is 225 g/mol. The highest BCUT2D eigenvalue weighted by Gasteiger charge is 2.05. The third kappa shape index (κ3) is 2.17. The molecule has 2 heterocycles. The van der Waals surface area contributed by atoms with Gasteiger partial charge in [0.1, 0.15) is 5.01 Å². The second-order valence-corrected chi connectivity index (χ2v) is 4.78. The van der Waals surface area contributed by atoms with Gasteiger partial charge in [-0.15, -0.1) is 22.7 Å². The van der Waals surface area contributed by atoms with Crippen molar-refractivity contribution in [1.29, 1.82) is 0 Å². The van der Waals surface area contributed by atoms with Gasteiger partial charge in [-0.05, 0) is 6.54 Å². The Hall–Kier alpha value is -0.780. The van der Waals surface area contributed by atoms with E-state index in [2.05, 4.69) is 22.2 Å². The largest absolute Gasteiger partial charge is 0.312 e. The van der Waals surface area contributed by atoms with Gasteiger partial charge in [0, 0.05) is 23.8 Å². The van der Waals surface area contributed by atoms with E-state index in [9.17, 15) is 0 Å². The third-order valence-electron chi connectivity index (χ3n) is 1.75. The van der Waals surface area contributed by atoms with Crippen molar-refractivity contribution in [3.8, 4) is 9.88 Å². The molecule has 1 N–H and O–H groups in total. The average molecular weight is 225 g/mol. The SMILES string of the molecule is CCNCc1cnc(-c2cncs2)s1. The zero-order valence-electron chi connectivity index (χ0n) is 7.86. The van der Waals surface area contributed by atoms with Crippen molar-refractivity contribution in [3.05, 3.63) is 22.8 Å². The Labute approximate surface area is 90.9 Å². The van der Waals surface area contributed by atoms with E-state index < -0.39 is 0 Å². The molecule has 0 aliphatic heterocycles. The summed E-state index contributed by atoms with van der Waals surface area (Å²) in [6.07, 6.45) is 3.79. The van der Waals surface area contributed by atoms with E-state index in [1.54, 1.807) is 22.7 Å².